The smallest absolute Gasteiger partial charge is 0.320 e. The number of aromatic nitrogens is 2. The van der Waals surface area contributed by atoms with Gasteiger partial charge in [-0.3, -0.25) is 10.2 Å². The number of rotatable bonds is 8. The molecule has 5 rings (SSSR count). The minimum Gasteiger partial charge on any atom is -0.474 e. The van der Waals surface area contributed by atoms with Gasteiger partial charge in [0.25, 0.3) is 0 Å². The molecule has 2 fully saturated rings. The number of carbonyl (C=O) groups excluding carboxylic acids is 1. The van der Waals surface area contributed by atoms with Crippen molar-refractivity contribution >= 4 is 11.8 Å². The minimum atomic E-state index is -0.973. The second-order valence-corrected chi connectivity index (χ2v) is 9.98. The first-order valence-corrected chi connectivity index (χ1v) is 13.3. The Labute approximate surface area is 231 Å². The van der Waals surface area contributed by atoms with Crippen molar-refractivity contribution in [2.75, 3.05) is 51.8 Å². The molecule has 1 aromatic heterocycles. The van der Waals surface area contributed by atoms with Crippen molar-refractivity contribution in [3.8, 4) is 11.6 Å². The van der Waals surface area contributed by atoms with Gasteiger partial charge in [0.15, 0.2) is 11.6 Å². The van der Waals surface area contributed by atoms with Crippen LogP contribution in [-0.4, -0.2) is 84.4 Å². The van der Waals surface area contributed by atoms with Gasteiger partial charge in [0.2, 0.25) is 5.88 Å². The fourth-order valence-corrected chi connectivity index (χ4v) is 4.87. The molecule has 3 atom stereocenters. The van der Waals surface area contributed by atoms with Gasteiger partial charge in [-0.25, -0.2) is 18.3 Å². The molecule has 2 aliphatic heterocycles. The number of halogens is 2. The number of hydroxylamine groups is 2. The van der Waals surface area contributed by atoms with Crippen LogP contribution in [0.15, 0.2) is 48.5 Å². The molecular formula is C28H34F2N6O4. The van der Waals surface area contributed by atoms with Crippen molar-refractivity contribution < 1.29 is 27.9 Å². The topological polar surface area (TPSA) is 93.1 Å². The van der Waals surface area contributed by atoms with Gasteiger partial charge in [-0.15, -0.1) is 5.10 Å². The van der Waals surface area contributed by atoms with Crippen molar-refractivity contribution in [1.82, 2.24) is 25.1 Å². The molecular weight excluding hydrogens is 522 g/mol. The zero-order valence-electron chi connectivity index (χ0n) is 22.8. The molecule has 214 valence electrons. The highest BCUT2D eigenvalue weighted by Crippen LogP contribution is 2.31. The lowest BCUT2D eigenvalue weighted by molar-refractivity contribution is -0.144. The molecule has 2 aromatic carbocycles. The lowest BCUT2D eigenvalue weighted by atomic mass is 10.0. The van der Waals surface area contributed by atoms with Crippen LogP contribution in [0, 0.1) is 18.6 Å². The predicted octanol–water partition coefficient (Wildman–Crippen LogP) is 3.67. The zero-order chi connectivity index (χ0) is 28.2. The number of likely N-dealkylation sites (N-methyl/N-ethyl adjacent to an activating group) is 2. The molecule has 0 spiro atoms. The third-order valence-corrected chi connectivity index (χ3v) is 7.03. The van der Waals surface area contributed by atoms with Gasteiger partial charge < -0.3 is 19.7 Å². The van der Waals surface area contributed by atoms with Crippen molar-refractivity contribution in [3.05, 3.63) is 71.3 Å². The van der Waals surface area contributed by atoms with Crippen LogP contribution in [0.3, 0.4) is 0 Å². The number of ether oxygens (including phenoxy) is 2. The van der Waals surface area contributed by atoms with Gasteiger partial charge >= 0.3 is 6.03 Å². The van der Waals surface area contributed by atoms with E-state index in [1.807, 2.05) is 51.2 Å². The molecule has 0 aliphatic carbocycles. The number of hydrogen-bond donors (Lipinski definition) is 2. The maximum absolute atomic E-state index is 14.0. The summed E-state index contributed by atoms with van der Waals surface area (Å²) in [5.41, 5.74) is 1.82. The maximum Gasteiger partial charge on any atom is 0.320 e. The number of hydrogen-bond acceptors (Lipinski definition) is 7. The molecule has 2 amide bonds. The van der Waals surface area contributed by atoms with E-state index in [2.05, 4.69) is 20.6 Å². The molecule has 0 saturated carbocycles. The first kappa shape index (κ1) is 28.0. The molecule has 10 nitrogen and oxygen atoms in total. The SMILES string of the molecule is CCN1C[C@@H](NC(=O)Nc2c(C)c(OCC3CN(C)CCO3)nn2-c2ccccc2)[C@H](c2ccc(F)c(F)c2)O1. The van der Waals surface area contributed by atoms with E-state index in [4.69, 9.17) is 14.3 Å². The molecule has 0 radical (unpaired) electrons. The Bertz CT molecular complexity index is 1320. The van der Waals surface area contributed by atoms with E-state index < -0.39 is 29.8 Å². The first-order chi connectivity index (χ1) is 19.3. The minimum absolute atomic E-state index is 0.0863. The zero-order valence-corrected chi connectivity index (χ0v) is 22.8. The summed E-state index contributed by atoms with van der Waals surface area (Å²) in [4.78, 5) is 21.4. The highest BCUT2D eigenvalue weighted by molar-refractivity contribution is 5.90. The predicted molar refractivity (Wildman–Crippen MR) is 144 cm³/mol. The fraction of sp³-hybridized carbons (Fsp3) is 0.429. The molecule has 12 heteroatoms. The summed E-state index contributed by atoms with van der Waals surface area (Å²) >= 11 is 0. The van der Waals surface area contributed by atoms with Gasteiger partial charge in [-0.2, -0.15) is 5.06 Å². The molecule has 40 heavy (non-hydrogen) atoms. The molecule has 2 saturated heterocycles. The van der Waals surface area contributed by atoms with Gasteiger partial charge in [-0.1, -0.05) is 31.2 Å². The van der Waals surface area contributed by atoms with Crippen LogP contribution in [0.4, 0.5) is 19.4 Å². The molecule has 3 heterocycles. The Morgan fingerprint density at radius 1 is 1.15 bits per heavy atom. The van der Waals surface area contributed by atoms with E-state index in [9.17, 15) is 13.6 Å². The van der Waals surface area contributed by atoms with E-state index >= 15 is 0 Å². The van der Waals surface area contributed by atoms with Crippen LogP contribution in [0.1, 0.15) is 24.2 Å². The standard InChI is InChI=1S/C28H34F2N6O4/c1-4-35-16-24(25(40-35)19-10-11-22(29)23(30)14-19)31-28(37)32-26-18(2)27(33-36(26)20-8-6-5-7-9-20)39-17-21-15-34(3)12-13-38-21/h5-11,14,21,24-25H,4,12-13,15-17H2,1-3H3,(H2,31,32,37)/t21?,24-,25+/m1/s1. The Balaban J connectivity index is 1.34. The summed E-state index contributed by atoms with van der Waals surface area (Å²) in [5.74, 6) is -1.09. The lowest BCUT2D eigenvalue weighted by Gasteiger charge is -2.29. The van der Waals surface area contributed by atoms with Crippen LogP contribution < -0.4 is 15.4 Å². The third kappa shape index (κ3) is 6.25. The van der Waals surface area contributed by atoms with E-state index in [0.29, 0.717) is 49.1 Å². The number of morpholine rings is 1. The molecule has 3 aromatic rings. The number of nitrogens with zero attached hydrogens (tertiary/aromatic N) is 4. The van der Waals surface area contributed by atoms with Crippen LogP contribution >= 0.6 is 0 Å². The van der Waals surface area contributed by atoms with Gasteiger partial charge in [-0.05, 0) is 43.8 Å². The van der Waals surface area contributed by atoms with Crippen molar-refractivity contribution in [1.29, 1.82) is 0 Å². The maximum atomic E-state index is 14.0. The first-order valence-electron chi connectivity index (χ1n) is 13.3. The molecule has 2 aliphatic rings. The van der Waals surface area contributed by atoms with Gasteiger partial charge in [0.05, 0.1) is 23.9 Å². The van der Waals surface area contributed by atoms with Crippen LogP contribution in [0.25, 0.3) is 5.69 Å². The normalized spacial score (nSPS) is 21.9. The van der Waals surface area contributed by atoms with Crippen molar-refractivity contribution in [2.24, 2.45) is 0 Å². The summed E-state index contributed by atoms with van der Waals surface area (Å²) in [6, 6.07) is 12.0. The number of para-hydroxylation sites is 1. The summed E-state index contributed by atoms with van der Waals surface area (Å²) in [7, 11) is 2.04. The van der Waals surface area contributed by atoms with E-state index in [-0.39, 0.29) is 6.10 Å². The Morgan fingerprint density at radius 3 is 2.67 bits per heavy atom. The summed E-state index contributed by atoms with van der Waals surface area (Å²) in [6.07, 6.45) is -0.773. The summed E-state index contributed by atoms with van der Waals surface area (Å²) in [6.45, 7) is 7.25. The monoisotopic (exact) mass is 556 g/mol. The molecule has 2 N–H and O–H groups in total. The Hall–Kier alpha value is -3.58. The fourth-order valence-electron chi connectivity index (χ4n) is 4.87. The van der Waals surface area contributed by atoms with Gasteiger partial charge in [0.1, 0.15) is 24.6 Å². The third-order valence-electron chi connectivity index (χ3n) is 7.03. The average molecular weight is 557 g/mol. The lowest BCUT2D eigenvalue weighted by Crippen LogP contribution is -2.42. The number of carbonyl (C=O) groups is 1. The van der Waals surface area contributed by atoms with Crippen LogP contribution in [0.5, 0.6) is 5.88 Å². The average Bonchev–Trinajstić information content (AvgIpc) is 3.50. The Kier molecular flexibility index (Phi) is 8.60. The van der Waals surface area contributed by atoms with E-state index in [1.165, 1.54) is 6.07 Å². The summed E-state index contributed by atoms with van der Waals surface area (Å²) < 4.78 is 41.0. The van der Waals surface area contributed by atoms with Gasteiger partial charge in [0, 0.05) is 26.2 Å². The number of nitrogens with one attached hydrogen (secondary N) is 2. The van der Waals surface area contributed by atoms with Crippen LogP contribution in [0.2, 0.25) is 0 Å². The molecule has 1 unspecified atom stereocenters. The number of urea groups is 1. The summed E-state index contributed by atoms with van der Waals surface area (Å²) in [5, 5.41) is 12.2. The Morgan fingerprint density at radius 2 is 1.95 bits per heavy atom. The van der Waals surface area contributed by atoms with E-state index in [1.54, 1.807) is 9.75 Å². The number of anilines is 1. The highest BCUT2D eigenvalue weighted by atomic mass is 19.2. The quantitative estimate of drug-likeness (QED) is 0.438. The largest absolute Gasteiger partial charge is 0.474 e. The number of amides is 2. The second-order valence-electron chi connectivity index (χ2n) is 9.98. The second kappa shape index (κ2) is 12.3. The van der Waals surface area contributed by atoms with Crippen LogP contribution in [-0.2, 0) is 9.57 Å². The highest BCUT2D eigenvalue weighted by Gasteiger charge is 2.36. The number of benzene rings is 2. The van der Waals surface area contributed by atoms with Crippen molar-refractivity contribution in [3.63, 3.8) is 0 Å². The van der Waals surface area contributed by atoms with Crippen molar-refractivity contribution in [2.45, 2.75) is 32.1 Å². The van der Waals surface area contributed by atoms with E-state index in [0.717, 1.165) is 30.9 Å². The molecule has 0 bridgehead atoms.